The van der Waals surface area contributed by atoms with Gasteiger partial charge in [-0.25, -0.2) is 8.42 Å². The van der Waals surface area contributed by atoms with Gasteiger partial charge in [-0.1, -0.05) is 0 Å². The minimum atomic E-state index is -3.37. The molecule has 1 amide bonds. The summed E-state index contributed by atoms with van der Waals surface area (Å²) in [6.07, 6.45) is 2.70. The van der Waals surface area contributed by atoms with Crippen molar-refractivity contribution in [2.75, 3.05) is 45.2 Å². The molecule has 122 valence electrons. The van der Waals surface area contributed by atoms with Crippen LogP contribution in [0.15, 0.2) is 0 Å². The van der Waals surface area contributed by atoms with Crippen LogP contribution in [0.2, 0.25) is 0 Å². The van der Waals surface area contributed by atoms with Gasteiger partial charge < -0.3 is 15.2 Å². The van der Waals surface area contributed by atoms with Crippen LogP contribution in [-0.4, -0.2) is 68.9 Å². The molecule has 0 aromatic rings. The van der Waals surface area contributed by atoms with Crippen LogP contribution in [0.1, 0.15) is 25.7 Å². The van der Waals surface area contributed by atoms with E-state index in [2.05, 4.69) is 5.32 Å². The van der Waals surface area contributed by atoms with Crippen molar-refractivity contribution in [2.45, 2.75) is 25.7 Å². The molecule has 0 atom stereocenters. The van der Waals surface area contributed by atoms with Crippen molar-refractivity contribution in [2.24, 2.45) is 5.41 Å². The molecule has 2 rings (SSSR count). The number of ether oxygens (including phenoxy) is 1. The van der Waals surface area contributed by atoms with E-state index in [-0.39, 0.29) is 30.1 Å². The molecule has 2 N–H and O–H groups in total. The lowest BCUT2D eigenvalue weighted by molar-refractivity contribution is -0.121. The van der Waals surface area contributed by atoms with E-state index in [9.17, 15) is 13.2 Å². The molecule has 0 unspecified atom stereocenters. The summed E-state index contributed by atoms with van der Waals surface area (Å²) in [6, 6.07) is 0. The molecular formula is C13H24N2O5S. The first-order valence-electron chi connectivity index (χ1n) is 7.41. The monoisotopic (exact) mass is 320 g/mol. The molecule has 0 radical (unpaired) electrons. The molecule has 1 saturated heterocycles. The molecule has 0 aromatic heterocycles. The average molecular weight is 320 g/mol. The minimum Gasteiger partial charge on any atom is -0.396 e. The zero-order valence-corrected chi connectivity index (χ0v) is 13.0. The van der Waals surface area contributed by atoms with E-state index in [0.717, 1.165) is 12.8 Å². The van der Waals surface area contributed by atoms with Crippen LogP contribution in [0.3, 0.4) is 0 Å². The number of carbonyl (C=O) groups is 1. The highest BCUT2D eigenvalue weighted by molar-refractivity contribution is 7.89. The Balaban J connectivity index is 1.70. The van der Waals surface area contributed by atoms with E-state index in [1.54, 1.807) is 0 Å². The molecule has 1 aliphatic heterocycles. The number of nitrogens with zero attached hydrogens (tertiary/aromatic N) is 1. The minimum absolute atomic E-state index is 0.0190. The maximum absolute atomic E-state index is 12.1. The van der Waals surface area contributed by atoms with Crippen LogP contribution >= 0.6 is 0 Å². The Morgan fingerprint density at radius 2 is 1.95 bits per heavy atom. The lowest BCUT2D eigenvalue weighted by atomic mass is 10.0. The molecule has 2 aliphatic rings. The van der Waals surface area contributed by atoms with E-state index < -0.39 is 10.0 Å². The van der Waals surface area contributed by atoms with E-state index in [1.165, 1.54) is 4.31 Å². The Labute approximate surface area is 125 Å². The number of hydrogen-bond acceptors (Lipinski definition) is 5. The van der Waals surface area contributed by atoms with Gasteiger partial charge in [0.15, 0.2) is 0 Å². The topological polar surface area (TPSA) is 95.9 Å². The second kappa shape index (κ2) is 7.04. The van der Waals surface area contributed by atoms with Crippen molar-refractivity contribution in [3.05, 3.63) is 0 Å². The fourth-order valence-corrected chi connectivity index (χ4v) is 3.89. The van der Waals surface area contributed by atoms with Gasteiger partial charge in [-0.3, -0.25) is 4.79 Å². The number of carbonyl (C=O) groups excluding carboxylic acids is 1. The lowest BCUT2D eigenvalue weighted by Crippen LogP contribution is -2.42. The largest absolute Gasteiger partial charge is 0.396 e. The third-order valence-electron chi connectivity index (χ3n) is 4.21. The van der Waals surface area contributed by atoms with Gasteiger partial charge in [0.1, 0.15) is 0 Å². The van der Waals surface area contributed by atoms with Crippen molar-refractivity contribution in [1.29, 1.82) is 0 Å². The molecule has 2 fully saturated rings. The second-order valence-electron chi connectivity index (χ2n) is 5.83. The molecule has 1 aliphatic carbocycles. The Kier molecular flexibility index (Phi) is 5.59. The zero-order chi connectivity index (χ0) is 15.3. The van der Waals surface area contributed by atoms with E-state index >= 15 is 0 Å². The smallest absolute Gasteiger partial charge is 0.221 e. The predicted octanol–water partition coefficient (Wildman–Crippen LogP) is -0.683. The maximum Gasteiger partial charge on any atom is 0.221 e. The predicted molar refractivity (Wildman–Crippen MR) is 77.2 cm³/mol. The lowest BCUT2D eigenvalue weighted by Gasteiger charge is -2.25. The number of hydrogen-bond donors (Lipinski definition) is 2. The molecule has 7 nitrogen and oxygen atoms in total. The van der Waals surface area contributed by atoms with Gasteiger partial charge >= 0.3 is 0 Å². The highest BCUT2D eigenvalue weighted by Gasteiger charge is 2.41. The van der Waals surface area contributed by atoms with E-state index in [0.29, 0.717) is 39.3 Å². The van der Waals surface area contributed by atoms with Gasteiger partial charge in [0.2, 0.25) is 15.9 Å². The summed E-state index contributed by atoms with van der Waals surface area (Å²) in [6.45, 7) is 2.21. The first-order chi connectivity index (χ1) is 9.97. The van der Waals surface area contributed by atoms with Crippen molar-refractivity contribution < 1.29 is 23.1 Å². The molecule has 1 saturated carbocycles. The highest BCUT2D eigenvalue weighted by Crippen LogP contribution is 2.47. The number of amides is 1. The van der Waals surface area contributed by atoms with E-state index in [1.807, 2.05) is 0 Å². The van der Waals surface area contributed by atoms with Crippen molar-refractivity contribution in [3.8, 4) is 0 Å². The standard InChI is InChI=1S/C13H24N2O5S/c16-7-4-13(2-3-13)11-14-12(17)1-10-21(18,19)15-5-8-20-9-6-15/h16H,1-11H2,(H,14,17). The second-order valence-corrected chi connectivity index (χ2v) is 7.92. The molecule has 8 heteroatoms. The van der Waals surface area contributed by atoms with Crippen molar-refractivity contribution >= 4 is 15.9 Å². The number of morpholine rings is 1. The van der Waals surface area contributed by atoms with Crippen LogP contribution in [0.5, 0.6) is 0 Å². The fraction of sp³-hybridized carbons (Fsp3) is 0.923. The number of rotatable bonds is 8. The summed E-state index contributed by atoms with van der Waals surface area (Å²) in [5, 5.41) is 11.7. The van der Waals surface area contributed by atoms with Crippen LogP contribution in [0.25, 0.3) is 0 Å². The summed E-state index contributed by atoms with van der Waals surface area (Å²) in [4.78, 5) is 11.8. The summed E-state index contributed by atoms with van der Waals surface area (Å²) < 4.78 is 30.6. The van der Waals surface area contributed by atoms with Crippen molar-refractivity contribution in [3.63, 3.8) is 0 Å². The normalized spacial score (nSPS) is 22.0. The van der Waals surface area contributed by atoms with Crippen molar-refractivity contribution in [1.82, 2.24) is 9.62 Å². The Morgan fingerprint density at radius 3 is 2.52 bits per heavy atom. The molecule has 0 bridgehead atoms. The van der Waals surface area contributed by atoms with Gasteiger partial charge in [-0.05, 0) is 24.7 Å². The molecule has 0 aromatic carbocycles. The Hall–Kier alpha value is -0.700. The zero-order valence-electron chi connectivity index (χ0n) is 12.2. The first-order valence-corrected chi connectivity index (χ1v) is 9.02. The Bertz CT molecular complexity index is 455. The molecular weight excluding hydrogens is 296 g/mol. The first kappa shape index (κ1) is 16.7. The van der Waals surface area contributed by atoms with Crippen LogP contribution in [0, 0.1) is 5.41 Å². The molecule has 0 spiro atoms. The number of sulfonamides is 1. The van der Waals surface area contributed by atoms with Gasteiger partial charge in [-0.2, -0.15) is 4.31 Å². The summed E-state index contributed by atoms with van der Waals surface area (Å²) in [5.41, 5.74) is 0.0491. The summed E-state index contributed by atoms with van der Waals surface area (Å²) >= 11 is 0. The van der Waals surface area contributed by atoms with Crippen LogP contribution in [-0.2, 0) is 19.6 Å². The number of aliphatic hydroxyl groups is 1. The van der Waals surface area contributed by atoms with Gasteiger partial charge in [0.05, 0.1) is 19.0 Å². The highest BCUT2D eigenvalue weighted by atomic mass is 32.2. The fourth-order valence-electron chi connectivity index (χ4n) is 2.48. The molecule has 21 heavy (non-hydrogen) atoms. The van der Waals surface area contributed by atoms with Gasteiger partial charge in [-0.15, -0.1) is 0 Å². The van der Waals surface area contributed by atoms with Crippen LogP contribution < -0.4 is 5.32 Å². The summed E-state index contributed by atoms with van der Waals surface area (Å²) in [7, 11) is -3.37. The Morgan fingerprint density at radius 1 is 1.29 bits per heavy atom. The molecule has 1 heterocycles. The SMILES string of the molecule is O=C(CCS(=O)(=O)N1CCOCC1)NCC1(CCO)CC1. The third kappa shape index (κ3) is 4.91. The number of aliphatic hydroxyl groups excluding tert-OH is 1. The van der Waals surface area contributed by atoms with Gasteiger partial charge in [0, 0.05) is 32.7 Å². The third-order valence-corrected chi connectivity index (χ3v) is 6.08. The quantitative estimate of drug-likeness (QED) is 0.618. The van der Waals surface area contributed by atoms with E-state index in [4.69, 9.17) is 9.84 Å². The number of nitrogens with one attached hydrogen (secondary N) is 1. The van der Waals surface area contributed by atoms with Crippen LogP contribution in [0.4, 0.5) is 0 Å². The summed E-state index contributed by atoms with van der Waals surface area (Å²) in [5.74, 6) is -0.401. The average Bonchev–Trinajstić information content (AvgIpc) is 3.25. The van der Waals surface area contributed by atoms with Gasteiger partial charge in [0.25, 0.3) is 0 Å². The maximum atomic E-state index is 12.1.